The second kappa shape index (κ2) is 5.11. The zero-order valence-electron chi connectivity index (χ0n) is 10.6. The van der Waals surface area contributed by atoms with Crippen molar-refractivity contribution in [2.45, 2.75) is 47.1 Å². The minimum Gasteiger partial charge on any atom is -0.250 e. The van der Waals surface area contributed by atoms with Crippen molar-refractivity contribution >= 4 is 0 Å². The van der Waals surface area contributed by atoms with Crippen LogP contribution < -0.4 is 0 Å². The van der Waals surface area contributed by atoms with Crippen LogP contribution in [0.4, 0.5) is 0 Å². The van der Waals surface area contributed by atoms with Crippen LogP contribution in [0.2, 0.25) is 0 Å². The van der Waals surface area contributed by atoms with E-state index in [1.807, 2.05) is 18.5 Å². The number of aromatic nitrogens is 3. The molecule has 4 heteroatoms. The van der Waals surface area contributed by atoms with Crippen LogP contribution in [0, 0.1) is 22.7 Å². The Labute approximate surface area is 97.3 Å². The summed E-state index contributed by atoms with van der Waals surface area (Å²) in [7, 11) is 0. The van der Waals surface area contributed by atoms with E-state index >= 15 is 0 Å². The van der Waals surface area contributed by atoms with Crippen molar-refractivity contribution in [1.29, 1.82) is 5.26 Å². The molecular formula is C12H20N4. The predicted octanol–water partition coefficient (Wildman–Crippen LogP) is 2.42. The normalized spacial score (nSPS) is 14.8. The minimum absolute atomic E-state index is 0.332. The van der Waals surface area contributed by atoms with E-state index in [9.17, 15) is 0 Å². The summed E-state index contributed by atoms with van der Waals surface area (Å²) in [6, 6.07) is 2.37. The first-order valence-corrected chi connectivity index (χ1v) is 5.78. The second-order valence-electron chi connectivity index (χ2n) is 4.96. The zero-order chi connectivity index (χ0) is 12.2. The number of hydrogen-bond acceptors (Lipinski definition) is 3. The summed E-state index contributed by atoms with van der Waals surface area (Å²) in [6.07, 6.45) is 3.08. The zero-order valence-corrected chi connectivity index (χ0v) is 10.6. The molecule has 0 aliphatic carbocycles. The molecule has 0 aliphatic heterocycles. The molecule has 4 nitrogen and oxygen atoms in total. The maximum absolute atomic E-state index is 9.15. The standard InChI is InChI=1S/C12H20N4/c1-5-12(4,8-13)6-11-14-9-15-16(11)7-10(2)3/h9-10H,5-7H2,1-4H3. The van der Waals surface area contributed by atoms with Gasteiger partial charge in [0.1, 0.15) is 12.2 Å². The topological polar surface area (TPSA) is 54.5 Å². The van der Waals surface area contributed by atoms with Crippen LogP contribution in [0.1, 0.15) is 39.9 Å². The van der Waals surface area contributed by atoms with Gasteiger partial charge < -0.3 is 0 Å². The molecule has 0 bridgehead atoms. The molecule has 1 rings (SSSR count). The molecule has 1 atom stereocenters. The summed E-state index contributed by atoms with van der Waals surface area (Å²) >= 11 is 0. The summed E-state index contributed by atoms with van der Waals surface area (Å²) in [5, 5.41) is 13.4. The van der Waals surface area contributed by atoms with Crippen molar-refractivity contribution in [3.63, 3.8) is 0 Å². The lowest BCUT2D eigenvalue weighted by Gasteiger charge is -2.19. The largest absolute Gasteiger partial charge is 0.250 e. The number of rotatable bonds is 5. The molecule has 0 aromatic carbocycles. The van der Waals surface area contributed by atoms with Crippen molar-refractivity contribution in [3.8, 4) is 6.07 Å². The molecule has 1 unspecified atom stereocenters. The Kier molecular flexibility index (Phi) is 4.05. The van der Waals surface area contributed by atoms with Gasteiger partial charge in [0, 0.05) is 13.0 Å². The van der Waals surface area contributed by atoms with Crippen LogP contribution in [0.25, 0.3) is 0 Å². The number of nitrogens with zero attached hydrogens (tertiary/aromatic N) is 4. The highest BCUT2D eigenvalue weighted by Gasteiger charge is 2.24. The molecule has 1 aromatic rings. The Hall–Kier alpha value is -1.37. The Bertz CT molecular complexity index is 375. The third-order valence-corrected chi connectivity index (χ3v) is 2.83. The number of hydrogen-bond donors (Lipinski definition) is 0. The third-order valence-electron chi connectivity index (χ3n) is 2.83. The van der Waals surface area contributed by atoms with Gasteiger partial charge in [0.25, 0.3) is 0 Å². The fourth-order valence-corrected chi connectivity index (χ4v) is 1.52. The Morgan fingerprint density at radius 2 is 2.25 bits per heavy atom. The van der Waals surface area contributed by atoms with E-state index in [1.165, 1.54) is 0 Å². The van der Waals surface area contributed by atoms with Gasteiger partial charge in [0.2, 0.25) is 0 Å². The molecular weight excluding hydrogens is 200 g/mol. The first kappa shape index (κ1) is 12.7. The minimum atomic E-state index is -0.332. The van der Waals surface area contributed by atoms with E-state index in [4.69, 9.17) is 5.26 Å². The van der Waals surface area contributed by atoms with Crippen LogP contribution in [0.3, 0.4) is 0 Å². The summed E-state index contributed by atoms with van der Waals surface area (Å²) in [6.45, 7) is 9.16. The van der Waals surface area contributed by atoms with Crippen LogP contribution in [0.15, 0.2) is 6.33 Å². The smallest absolute Gasteiger partial charge is 0.138 e. The van der Waals surface area contributed by atoms with E-state index in [0.29, 0.717) is 12.3 Å². The molecule has 0 spiro atoms. The van der Waals surface area contributed by atoms with Gasteiger partial charge in [0.05, 0.1) is 11.5 Å². The first-order valence-electron chi connectivity index (χ1n) is 5.78. The summed E-state index contributed by atoms with van der Waals surface area (Å²) in [5.74, 6) is 1.45. The van der Waals surface area contributed by atoms with E-state index in [0.717, 1.165) is 18.8 Å². The van der Waals surface area contributed by atoms with Gasteiger partial charge in [0.15, 0.2) is 0 Å². The molecule has 0 N–H and O–H groups in total. The van der Waals surface area contributed by atoms with Crippen molar-refractivity contribution in [3.05, 3.63) is 12.2 Å². The maximum Gasteiger partial charge on any atom is 0.138 e. The molecule has 0 amide bonds. The quantitative estimate of drug-likeness (QED) is 0.765. The Balaban J connectivity index is 2.82. The molecule has 0 saturated heterocycles. The predicted molar refractivity (Wildman–Crippen MR) is 62.6 cm³/mol. The third kappa shape index (κ3) is 3.06. The van der Waals surface area contributed by atoms with E-state index < -0.39 is 0 Å². The summed E-state index contributed by atoms with van der Waals surface area (Å²) < 4.78 is 1.91. The average molecular weight is 220 g/mol. The molecule has 0 saturated carbocycles. The van der Waals surface area contributed by atoms with Gasteiger partial charge in [-0.2, -0.15) is 10.4 Å². The fraction of sp³-hybridized carbons (Fsp3) is 0.750. The molecule has 0 aliphatic rings. The van der Waals surface area contributed by atoms with Gasteiger partial charge >= 0.3 is 0 Å². The van der Waals surface area contributed by atoms with Gasteiger partial charge in [-0.25, -0.2) is 9.67 Å². The molecule has 0 radical (unpaired) electrons. The van der Waals surface area contributed by atoms with Gasteiger partial charge in [-0.15, -0.1) is 0 Å². The highest BCUT2D eigenvalue weighted by molar-refractivity contribution is 5.02. The van der Waals surface area contributed by atoms with E-state index in [1.54, 1.807) is 6.33 Å². The lowest BCUT2D eigenvalue weighted by atomic mass is 9.85. The number of nitriles is 1. The Morgan fingerprint density at radius 3 is 2.75 bits per heavy atom. The van der Waals surface area contributed by atoms with Crippen molar-refractivity contribution in [1.82, 2.24) is 14.8 Å². The monoisotopic (exact) mass is 220 g/mol. The van der Waals surface area contributed by atoms with Crippen LogP contribution in [-0.2, 0) is 13.0 Å². The first-order chi connectivity index (χ1) is 7.50. The maximum atomic E-state index is 9.15. The average Bonchev–Trinajstić information content (AvgIpc) is 2.64. The van der Waals surface area contributed by atoms with Crippen molar-refractivity contribution < 1.29 is 0 Å². The highest BCUT2D eigenvalue weighted by atomic mass is 15.3. The van der Waals surface area contributed by atoms with Crippen LogP contribution >= 0.6 is 0 Å². The van der Waals surface area contributed by atoms with Crippen LogP contribution in [-0.4, -0.2) is 14.8 Å². The highest BCUT2D eigenvalue weighted by Crippen LogP contribution is 2.24. The molecule has 0 fully saturated rings. The lowest BCUT2D eigenvalue weighted by Crippen LogP contribution is -2.20. The molecule has 16 heavy (non-hydrogen) atoms. The summed E-state index contributed by atoms with van der Waals surface area (Å²) in [5.41, 5.74) is -0.332. The van der Waals surface area contributed by atoms with Gasteiger partial charge in [-0.3, -0.25) is 0 Å². The van der Waals surface area contributed by atoms with Crippen molar-refractivity contribution in [2.75, 3.05) is 0 Å². The molecule has 1 aromatic heterocycles. The second-order valence-corrected chi connectivity index (χ2v) is 4.96. The van der Waals surface area contributed by atoms with Crippen LogP contribution in [0.5, 0.6) is 0 Å². The van der Waals surface area contributed by atoms with Gasteiger partial charge in [-0.1, -0.05) is 20.8 Å². The van der Waals surface area contributed by atoms with E-state index in [-0.39, 0.29) is 5.41 Å². The summed E-state index contributed by atoms with van der Waals surface area (Å²) in [4.78, 5) is 4.25. The molecule has 1 heterocycles. The van der Waals surface area contributed by atoms with Gasteiger partial charge in [-0.05, 0) is 19.3 Å². The molecule has 88 valence electrons. The lowest BCUT2D eigenvalue weighted by molar-refractivity contribution is 0.385. The van der Waals surface area contributed by atoms with Crippen molar-refractivity contribution in [2.24, 2.45) is 11.3 Å². The Morgan fingerprint density at radius 1 is 1.56 bits per heavy atom. The fourth-order valence-electron chi connectivity index (χ4n) is 1.52. The SMILES string of the molecule is CCC(C)(C#N)Cc1ncnn1CC(C)C. The van der Waals surface area contributed by atoms with E-state index in [2.05, 4.69) is 30.0 Å².